The normalized spacial score (nSPS) is 10.9. The van der Waals surface area contributed by atoms with E-state index in [9.17, 15) is 9.59 Å². The highest BCUT2D eigenvalue weighted by Gasteiger charge is 2.17. The van der Waals surface area contributed by atoms with Crippen LogP contribution in [0.15, 0.2) is 9.21 Å². The third kappa shape index (κ3) is 5.43. The summed E-state index contributed by atoms with van der Waals surface area (Å²) in [7, 11) is 0. The van der Waals surface area contributed by atoms with Crippen molar-refractivity contribution in [1.82, 2.24) is 0 Å². The van der Waals surface area contributed by atoms with Crippen molar-refractivity contribution in [2.24, 2.45) is 0 Å². The highest BCUT2D eigenvalue weighted by atomic mass is 16.3. The van der Waals surface area contributed by atoms with Gasteiger partial charge < -0.3 is 4.42 Å². The Morgan fingerprint density at radius 3 is 2.00 bits per heavy atom. The summed E-state index contributed by atoms with van der Waals surface area (Å²) in [6.07, 6.45) is 10.1. The van der Waals surface area contributed by atoms with Crippen molar-refractivity contribution >= 4 is 5.78 Å². The molecular weight excluding hydrogens is 276 g/mol. The first kappa shape index (κ1) is 18.7. The number of carbonyl (C=O) groups is 1. The molecule has 0 aliphatic heterocycles. The Labute approximate surface area is 134 Å². The average molecular weight is 306 g/mol. The lowest BCUT2D eigenvalue weighted by Gasteiger charge is -2.07. The Morgan fingerprint density at radius 2 is 1.41 bits per heavy atom. The van der Waals surface area contributed by atoms with Gasteiger partial charge in [-0.25, -0.2) is 0 Å². The van der Waals surface area contributed by atoms with Crippen LogP contribution in [0.5, 0.6) is 0 Å². The maximum absolute atomic E-state index is 12.2. The van der Waals surface area contributed by atoms with Gasteiger partial charge in [-0.2, -0.15) is 0 Å². The summed E-state index contributed by atoms with van der Waals surface area (Å²) < 4.78 is 5.55. The number of ketones is 1. The molecule has 0 aliphatic rings. The number of unbranched alkanes of at least 4 members (excludes halogenated alkanes) is 7. The van der Waals surface area contributed by atoms with Crippen LogP contribution in [-0.4, -0.2) is 5.78 Å². The first-order chi connectivity index (χ1) is 10.5. The van der Waals surface area contributed by atoms with Gasteiger partial charge in [-0.1, -0.05) is 51.9 Å². The average Bonchev–Trinajstić information content (AvgIpc) is 2.51. The molecule has 3 heteroatoms. The molecule has 1 aromatic heterocycles. The molecule has 0 spiro atoms. The molecule has 0 radical (unpaired) electrons. The number of aryl methyl sites for hydroxylation is 1. The van der Waals surface area contributed by atoms with E-state index in [2.05, 4.69) is 6.92 Å². The van der Waals surface area contributed by atoms with E-state index in [1.165, 1.54) is 38.5 Å². The smallest absolute Gasteiger partial charge is 0.198 e. The summed E-state index contributed by atoms with van der Waals surface area (Å²) >= 11 is 0. The van der Waals surface area contributed by atoms with Gasteiger partial charge in [0.2, 0.25) is 0 Å². The Morgan fingerprint density at radius 1 is 0.864 bits per heavy atom. The van der Waals surface area contributed by atoms with Crippen LogP contribution in [-0.2, 0) is 0 Å². The van der Waals surface area contributed by atoms with E-state index in [4.69, 9.17) is 4.42 Å². The predicted octanol–water partition coefficient (Wildman–Crippen LogP) is 5.28. The second-order valence-corrected chi connectivity index (χ2v) is 6.21. The molecule has 0 saturated heterocycles. The molecule has 1 rings (SSSR count). The maximum atomic E-state index is 12.2. The lowest BCUT2D eigenvalue weighted by atomic mass is 10.0. The second kappa shape index (κ2) is 9.60. The van der Waals surface area contributed by atoms with Crippen LogP contribution >= 0.6 is 0 Å². The molecule has 22 heavy (non-hydrogen) atoms. The summed E-state index contributed by atoms with van der Waals surface area (Å²) in [5, 5.41) is 0. The SMILES string of the molecule is CCCCCCCCCCC(=O)c1oc(C)c(C)c(=O)c1C. The minimum atomic E-state index is -0.0666. The molecule has 0 bridgehead atoms. The summed E-state index contributed by atoms with van der Waals surface area (Å²) in [6.45, 7) is 7.38. The Balaban J connectivity index is 2.39. The third-order valence-electron chi connectivity index (χ3n) is 4.32. The second-order valence-electron chi connectivity index (χ2n) is 6.21. The van der Waals surface area contributed by atoms with Crippen LogP contribution in [0.2, 0.25) is 0 Å². The van der Waals surface area contributed by atoms with Crippen LogP contribution in [0.1, 0.15) is 92.2 Å². The standard InChI is InChI=1S/C19H30O3/c1-5-6-7-8-9-10-11-12-13-17(20)19-15(3)18(21)14(2)16(4)22-19/h5-13H2,1-4H3. The molecule has 0 amide bonds. The van der Waals surface area contributed by atoms with Crippen molar-refractivity contribution in [1.29, 1.82) is 0 Å². The fourth-order valence-corrected chi connectivity index (χ4v) is 2.65. The quantitative estimate of drug-likeness (QED) is 0.436. The first-order valence-corrected chi connectivity index (χ1v) is 8.63. The van der Waals surface area contributed by atoms with Gasteiger partial charge in [0.05, 0.1) is 0 Å². The summed E-state index contributed by atoms with van der Waals surface area (Å²) in [4.78, 5) is 24.2. The largest absolute Gasteiger partial charge is 0.457 e. The zero-order chi connectivity index (χ0) is 16.5. The van der Waals surface area contributed by atoms with Crippen LogP contribution in [0, 0.1) is 20.8 Å². The Bertz CT molecular complexity index is 540. The van der Waals surface area contributed by atoms with Gasteiger partial charge in [-0.3, -0.25) is 9.59 Å². The van der Waals surface area contributed by atoms with Gasteiger partial charge in [0.1, 0.15) is 5.76 Å². The molecule has 1 aromatic rings. The van der Waals surface area contributed by atoms with Gasteiger partial charge in [-0.05, 0) is 27.2 Å². The van der Waals surface area contributed by atoms with E-state index in [0.29, 0.717) is 23.3 Å². The lowest BCUT2D eigenvalue weighted by molar-refractivity contribution is 0.0947. The fourth-order valence-electron chi connectivity index (χ4n) is 2.65. The highest BCUT2D eigenvalue weighted by Crippen LogP contribution is 2.15. The zero-order valence-electron chi connectivity index (χ0n) is 14.6. The van der Waals surface area contributed by atoms with E-state index < -0.39 is 0 Å². The highest BCUT2D eigenvalue weighted by molar-refractivity contribution is 5.94. The maximum Gasteiger partial charge on any atom is 0.198 e. The number of hydrogen-bond acceptors (Lipinski definition) is 3. The molecule has 0 fully saturated rings. The summed E-state index contributed by atoms with van der Waals surface area (Å²) in [5.74, 6) is 0.773. The van der Waals surface area contributed by atoms with Crippen molar-refractivity contribution in [3.8, 4) is 0 Å². The minimum absolute atomic E-state index is 0.0383. The molecule has 0 N–H and O–H groups in total. The third-order valence-corrected chi connectivity index (χ3v) is 4.32. The fraction of sp³-hybridized carbons (Fsp3) is 0.684. The van der Waals surface area contributed by atoms with Crippen molar-refractivity contribution in [3.05, 3.63) is 32.9 Å². The summed E-state index contributed by atoms with van der Waals surface area (Å²) in [5.41, 5.74) is 0.983. The van der Waals surface area contributed by atoms with E-state index in [1.54, 1.807) is 20.8 Å². The minimum Gasteiger partial charge on any atom is -0.457 e. The molecule has 3 nitrogen and oxygen atoms in total. The first-order valence-electron chi connectivity index (χ1n) is 8.63. The predicted molar refractivity (Wildman–Crippen MR) is 90.7 cm³/mol. The van der Waals surface area contributed by atoms with Crippen LogP contribution < -0.4 is 5.43 Å². The lowest BCUT2D eigenvalue weighted by Crippen LogP contribution is -2.16. The Kier molecular flexibility index (Phi) is 8.15. The van der Waals surface area contributed by atoms with Crippen LogP contribution in [0.25, 0.3) is 0 Å². The zero-order valence-corrected chi connectivity index (χ0v) is 14.6. The molecule has 1 heterocycles. The number of rotatable bonds is 10. The molecule has 0 aromatic carbocycles. The number of carbonyl (C=O) groups excluding carboxylic acids is 1. The van der Waals surface area contributed by atoms with E-state index >= 15 is 0 Å². The number of Topliss-reactive ketones (excluding diaryl/α,β-unsaturated/α-hetero) is 1. The van der Waals surface area contributed by atoms with Gasteiger partial charge in [0.25, 0.3) is 0 Å². The topological polar surface area (TPSA) is 47.3 Å². The van der Waals surface area contributed by atoms with E-state index in [0.717, 1.165) is 12.8 Å². The van der Waals surface area contributed by atoms with Crippen LogP contribution in [0.4, 0.5) is 0 Å². The van der Waals surface area contributed by atoms with Crippen molar-refractivity contribution in [2.75, 3.05) is 0 Å². The van der Waals surface area contributed by atoms with Gasteiger partial charge in [0.15, 0.2) is 17.0 Å². The molecule has 0 atom stereocenters. The molecule has 0 saturated carbocycles. The summed E-state index contributed by atoms with van der Waals surface area (Å²) in [6, 6.07) is 0. The molecule has 124 valence electrons. The van der Waals surface area contributed by atoms with Crippen LogP contribution in [0.3, 0.4) is 0 Å². The number of hydrogen-bond donors (Lipinski definition) is 0. The Hall–Kier alpha value is -1.38. The van der Waals surface area contributed by atoms with Gasteiger partial charge in [-0.15, -0.1) is 0 Å². The molecule has 0 aliphatic carbocycles. The molecule has 0 unspecified atom stereocenters. The van der Waals surface area contributed by atoms with E-state index in [1.807, 2.05) is 0 Å². The van der Waals surface area contributed by atoms with Crippen molar-refractivity contribution in [3.63, 3.8) is 0 Å². The molecular formula is C19H30O3. The van der Waals surface area contributed by atoms with Gasteiger partial charge in [0, 0.05) is 17.5 Å². The van der Waals surface area contributed by atoms with Crippen molar-refractivity contribution in [2.45, 2.75) is 85.5 Å². The van der Waals surface area contributed by atoms with Gasteiger partial charge >= 0.3 is 0 Å². The van der Waals surface area contributed by atoms with E-state index in [-0.39, 0.29) is 17.0 Å². The van der Waals surface area contributed by atoms with Crippen molar-refractivity contribution < 1.29 is 9.21 Å². The monoisotopic (exact) mass is 306 g/mol.